The normalized spacial score (nSPS) is 10.8. The number of rotatable bonds is 4. The molecule has 0 unspecified atom stereocenters. The lowest BCUT2D eigenvalue weighted by Crippen LogP contribution is -2.06. The molecular formula is C15H13NO2S2. The van der Waals surface area contributed by atoms with Crippen LogP contribution in [0.4, 0.5) is 5.69 Å². The van der Waals surface area contributed by atoms with Gasteiger partial charge in [-0.25, -0.2) is 4.79 Å². The van der Waals surface area contributed by atoms with Crippen molar-refractivity contribution >= 4 is 44.4 Å². The van der Waals surface area contributed by atoms with E-state index in [-0.39, 0.29) is 5.97 Å². The molecule has 0 spiro atoms. The quantitative estimate of drug-likeness (QED) is 0.586. The predicted octanol–water partition coefficient (Wildman–Crippen LogP) is 3.94. The molecule has 3 aromatic rings. The highest BCUT2D eigenvalue weighted by molar-refractivity contribution is 7.20. The summed E-state index contributed by atoms with van der Waals surface area (Å²) in [6.45, 7) is 0.409. The van der Waals surface area contributed by atoms with Crippen LogP contribution in [0.1, 0.15) is 15.2 Å². The van der Waals surface area contributed by atoms with Gasteiger partial charge in [-0.05, 0) is 52.0 Å². The minimum atomic E-state index is -0.264. The molecule has 2 aromatic heterocycles. The lowest BCUT2D eigenvalue weighted by atomic mass is 10.2. The van der Waals surface area contributed by atoms with Gasteiger partial charge in [0.2, 0.25) is 0 Å². The Kier molecular flexibility index (Phi) is 3.71. The van der Waals surface area contributed by atoms with Gasteiger partial charge >= 0.3 is 5.97 Å². The molecule has 0 fully saturated rings. The second-order valence-corrected chi connectivity index (χ2v) is 6.29. The molecule has 0 aliphatic heterocycles. The Morgan fingerprint density at radius 1 is 1.25 bits per heavy atom. The second kappa shape index (κ2) is 5.64. The van der Waals surface area contributed by atoms with Crippen molar-refractivity contribution in [3.05, 3.63) is 51.5 Å². The zero-order valence-electron chi connectivity index (χ0n) is 10.7. The van der Waals surface area contributed by atoms with Crippen LogP contribution in [-0.4, -0.2) is 12.6 Å². The van der Waals surface area contributed by atoms with Crippen LogP contribution in [0.15, 0.2) is 41.1 Å². The van der Waals surface area contributed by atoms with E-state index in [9.17, 15) is 4.79 Å². The van der Waals surface area contributed by atoms with Crippen LogP contribution in [0.5, 0.6) is 0 Å². The summed E-state index contributed by atoms with van der Waals surface area (Å²) in [5.41, 5.74) is 7.64. The van der Waals surface area contributed by atoms with Crippen molar-refractivity contribution in [2.75, 3.05) is 12.3 Å². The Morgan fingerprint density at radius 3 is 2.95 bits per heavy atom. The third-order valence-corrected chi connectivity index (χ3v) is 4.77. The maximum absolute atomic E-state index is 12.0. The van der Waals surface area contributed by atoms with Crippen LogP contribution in [0.25, 0.3) is 10.1 Å². The summed E-state index contributed by atoms with van der Waals surface area (Å²) < 4.78 is 6.35. The number of hydrogen-bond donors (Lipinski definition) is 1. The monoisotopic (exact) mass is 303 g/mol. The summed E-state index contributed by atoms with van der Waals surface area (Å²) >= 11 is 3.08. The van der Waals surface area contributed by atoms with Crippen molar-refractivity contribution in [2.24, 2.45) is 0 Å². The minimum Gasteiger partial charge on any atom is -0.461 e. The molecular weight excluding hydrogens is 290 g/mol. The fourth-order valence-corrected chi connectivity index (χ4v) is 3.57. The van der Waals surface area contributed by atoms with Gasteiger partial charge in [0, 0.05) is 16.8 Å². The van der Waals surface area contributed by atoms with Gasteiger partial charge in [-0.1, -0.05) is 0 Å². The Bertz CT molecular complexity index is 732. The average molecular weight is 303 g/mol. The van der Waals surface area contributed by atoms with E-state index >= 15 is 0 Å². The van der Waals surface area contributed by atoms with Crippen LogP contribution in [-0.2, 0) is 11.2 Å². The summed E-state index contributed by atoms with van der Waals surface area (Å²) in [4.78, 5) is 12.6. The number of carbonyl (C=O) groups is 1. The van der Waals surface area contributed by atoms with Crippen molar-refractivity contribution in [3.8, 4) is 0 Å². The molecule has 2 N–H and O–H groups in total. The van der Waals surface area contributed by atoms with Gasteiger partial charge in [-0.2, -0.15) is 11.3 Å². The SMILES string of the molecule is Nc1ccc2sc(C(=O)OCCc3ccsc3)cc2c1. The van der Waals surface area contributed by atoms with Crippen LogP contribution >= 0.6 is 22.7 Å². The standard InChI is InChI=1S/C15H13NO2S2/c16-12-1-2-13-11(7-12)8-14(20-13)15(17)18-5-3-10-4-6-19-9-10/h1-2,4,6-9H,3,5,16H2. The third-order valence-electron chi connectivity index (χ3n) is 2.95. The van der Waals surface area contributed by atoms with Crippen molar-refractivity contribution < 1.29 is 9.53 Å². The highest BCUT2D eigenvalue weighted by atomic mass is 32.1. The Labute approximate surface area is 124 Å². The highest BCUT2D eigenvalue weighted by Gasteiger charge is 2.11. The number of esters is 1. The maximum atomic E-state index is 12.0. The number of fused-ring (bicyclic) bond motifs is 1. The topological polar surface area (TPSA) is 52.3 Å². The molecule has 0 radical (unpaired) electrons. The molecule has 0 bridgehead atoms. The summed E-state index contributed by atoms with van der Waals surface area (Å²) in [5, 5.41) is 5.07. The van der Waals surface area contributed by atoms with Gasteiger partial charge in [0.25, 0.3) is 0 Å². The maximum Gasteiger partial charge on any atom is 0.348 e. The van der Waals surface area contributed by atoms with Gasteiger partial charge < -0.3 is 10.5 Å². The van der Waals surface area contributed by atoms with E-state index in [1.54, 1.807) is 11.3 Å². The molecule has 0 amide bonds. The molecule has 3 rings (SSSR count). The number of carbonyl (C=O) groups excluding carboxylic acids is 1. The summed E-state index contributed by atoms with van der Waals surface area (Å²) in [5.74, 6) is -0.264. The summed E-state index contributed by atoms with van der Waals surface area (Å²) in [6, 6.07) is 9.51. The van der Waals surface area contributed by atoms with Gasteiger partial charge in [-0.15, -0.1) is 11.3 Å². The third kappa shape index (κ3) is 2.84. The van der Waals surface area contributed by atoms with E-state index in [0.717, 1.165) is 16.5 Å². The molecule has 0 saturated heterocycles. The summed E-state index contributed by atoms with van der Waals surface area (Å²) in [6.07, 6.45) is 0.757. The molecule has 0 atom stereocenters. The minimum absolute atomic E-state index is 0.264. The van der Waals surface area contributed by atoms with E-state index < -0.39 is 0 Å². The first kappa shape index (κ1) is 13.1. The Morgan fingerprint density at radius 2 is 2.15 bits per heavy atom. The van der Waals surface area contributed by atoms with Crippen molar-refractivity contribution in [1.29, 1.82) is 0 Å². The Balaban J connectivity index is 1.66. The van der Waals surface area contributed by atoms with Crippen LogP contribution in [0, 0.1) is 0 Å². The molecule has 102 valence electrons. The number of ether oxygens (including phenoxy) is 1. The number of nitrogens with two attached hydrogens (primary N) is 1. The lowest BCUT2D eigenvalue weighted by molar-refractivity contribution is 0.0515. The smallest absolute Gasteiger partial charge is 0.348 e. The molecule has 1 aromatic carbocycles. The zero-order valence-corrected chi connectivity index (χ0v) is 12.3. The summed E-state index contributed by atoms with van der Waals surface area (Å²) in [7, 11) is 0. The van der Waals surface area contributed by atoms with Gasteiger partial charge in [0.1, 0.15) is 4.88 Å². The molecule has 0 aliphatic rings. The first-order valence-corrected chi connectivity index (χ1v) is 7.95. The molecule has 3 nitrogen and oxygen atoms in total. The second-order valence-electron chi connectivity index (χ2n) is 4.43. The largest absolute Gasteiger partial charge is 0.461 e. The molecule has 2 heterocycles. The molecule has 0 aliphatic carbocycles. The van der Waals surface area contributed by atoms with Crippen molar-refractivity contribution in [3.63, 3.8) is 0 Å². The predicted molar refractivity (Wildman–Crippen MR) is 84.5 cm³/mol. The number of hydrogen-bond acceptors (Lipinski definition) is 5. The van der Waals surface area contributed by atoms with Gasteiger partial charge in [-0.3, -0.25) is 0 Å². The van der Waals surface area contributed by atoms with Crippen molar-refractivity contribution in [1.82, 2.24) is 0 Å². The van der Waals surface area contributed by atoms with Crippen LogP contribution < -0.4 is 5.73 Å². The number of nitrogen functional groups attached to an aromatic ring is 1. The van der Waals surface area contributed by atoms with E-state index in [0.29, 0.717) is 17.2 Å². The van der Waals surface area contributed by atoms with Crippen LogP contribution in [0.2, 0.25) is 0 Å². The first-order chi connectivity index (χ1) is 9.72. The number of benzene rings is 1. The molecule has 0 saturated carbocycles. The highest BCUT2D eigenvalue weighted by Crippen LogP contribution is 2.27. The van der Waals surface area contributed by atoms with E-state index in [1.807, 2.05) is 35.7 Å². The zero-order chi connectivity index (χ0) is 13.9. The lowest BCUT2D eigenvalue weighted by Gasteiger charge is -2.01. The molecule has 5 heteroatoms. The number of thiophene rings is 2. The van der Waals surface area contributed by atoms with E-state index in [1.165, 1.54) is 16.9 Å². The average Bonchev–Trinajstić information content (AvgIpc) is 3.06. The van der Waals surface area contributed by atoms with Gasteiger partial charge in [0.05, 0.1) is 6.61 Å². The fourth-order valence-electron chi connectivity index (χ4n) is 1.93. The van der Waals surface area contributed by atoms with Gasteiger partial charge in [0.15, 0.2) is 0 Å². The van der Waals surface area contributed by atoms with E-state index in [2.05, 4.69) is 5.38 Å². The van der Waals surface area contributed by atoms with E-state index in [4.69, 9.17) is 10.5 Å². The first-order valence-electron chi connectivity index (χ1n) is 6.19. The van der Waals surface area contributed by atoms with Crippen LogP contribution in [0.3, 0.4) is 0 Å². The fraction of sp³-hybridized carbons (Fsp3) is 0.133. The molecule has 20 heavy (non-hydrogen) atoms. The number of anilines is 1. The Hall–Kier alpha value is -1.85. The van der Waals surface area contributed by atoms with Crippen molar-refractivity contribution in [2.45, 2.75) is 6.42 Å².